The summed E-state index contributed by atoms with van der Waals surface area (Å²) in [7, 11) is 1.76. The van der Waals surface area contributed by atoms with Crippen LogP contribution in [0.4, 0.5) is 0 Å². The minimum Gasteiger partial charge on any atom is -0.496 e. The van der Waals surface area contributed by atoms with Gasteiger partial charge in [0.25, 0.3) is 0 Å². The number of unbranched alkanes of at least 4 members (excludes halogenated alkanes) is 1. The summed E-state index contributed by atoms with van der Waals surface area (Å²) in [6.07, 6.45) is 3.60. The van der Waals surface area contributed by atoms with Crippen molar-refractivity contribution >= 4 is 0 Å². The van der Waals surface area contributed by atoms with E-state index in [1.165, 1.54) is 24.0 Å². The predicted octanol–water partition coefficient (Wildman–Crippen LogP) is 4.16. The molecule has 1 rings (SSSR count). The van der Waals surface area contributed by atoms with Crippen molar-refractivity contribution in [1.29, 1.82) is 0 Å². The number of methoxy groups -OCH3 is 1. The van der Waals surface area contributed by atoms with E-state index < -0.39 is 0 Å². The quantitative estimate of drug-likeness (QED) is 0.703. The van der Waals surface area contributed by atoms with Crippen molar-refractivity contribution < 1.29 is 4.74 Å². The van der Waals surface area contributed by atoms with E-state index in [0.717, 1.165) is 12.2 Å². The Labute approximate surface area is 93.5 Å². The van der Waals surface area contributed by atoms with E-state index in [4.69, 9.17) is 4.74 Å². The number of benzene rings is 1. The van der Waals surface area contributed by atoms with Gasteiger partial charge in [-0.2, -0.15) is 0 Å². The van der Waals surface area contributed by atoms with E-state index in [1.54, 1.807) is 7.11 Å². The Kier molecular flexibility index (Phi) is 4.67. The standard InChI is InChI=1S/C14H22O/c1-5-6-8-13-12(11(2)3)9-7-10-14(13)15-4/h7,9-11H,5-6,8H2,1-4H3. The normalized spacial score (nSPS) is 10.7. The van der Waals surface area contributed by atoms with Crippen molar-refractivity contribution in [2.24, 2.45) is 0 Å². The lowest BCUT2D eigenvalue weighted by molar-refractivity contribution is 0.408. The fourth-order valence-electron chi connectivity index (χ4n) is 1.94. The molecule has 0 heterocycles. The molecule has 0 unspecified atom stereocenters. The summed E-state index contributed by atoms with van der Waals surface area (Å²) in [5.74, 6) is 1.63. The molecule has 0 aliphatic rings. The van der Waals surface area contributed by atoms with Crippen molar-refractivity contribution in [3.8, 4) is 5.75 Å². The van der Waals surface area contributed by atoms with E-state index in [2.05, 4.69) is 39.0 Å². The first kappa shape index (κ1) is 12.1. The van der Waals surface area contributed by atoms with Crippen LogP contribution in [0, 0.1) is 0 Å². The summed E-state index contributed by atoms with van der Waals surface area (Å²) in [5.41, 5.74) is 2.83. The van der Waals surface area contributed by atoms with Crippen LogP contribution in [0.15, 0.2) is 18.2 Å². The number of ether oxygens (including phenoxy) is 1. The zero-order valence-corrected chi connectivity index (χ0v) is 10.3. The van der Waals surface area contributed by atoms with E-state index >= 15 is 0 Å². The van der Waals surface area contributed by atoms with Gasteiger partial charge in [-0.25, -0.2) is 0 Å². The third-order valence-corrected chi connectivity index (χ3v) is 2.79. The van der Waals surface area contributed by atoms with E-state index in [0.29, 0.717) is 5.92 Å². The topological polar surface area (TPSA) is 9.23 Å². The molecule has 1 aromatic carbocycles. The van der Waals surface area contributed by atoms with Gasteiger partial charge in [-0.1, -0.05) is 39.3 Å². The van der Waals surface area contributed by atoms with Crippen LogP contribution in [0.1, 0.15) is 50.7 Å². The monoisotopic (exact) mass is 206 g/mol. The fraction of sp³-hybridized carbons (Fsp3) is 0.571. The molecule has 0 aromatic heterocycles. The van der Waals surface area contributed by atoms with Gasteiger partial charge < -0.3 is 4.74 Å². The lowest BCUT2D eigenvalue weighted by Crippen LogP contribution is -2.00. The Hall–Kier alpha value is -0.980. The highest BCUT2D eigenvalue weighted by Crippen LogP contribution is 2.29. The molecule has 0 fully saturated rings. The summed E-state index contributed by atoms with van der Waals surface area (Å²) < 4.78 is 5.43. The third kappa shape index (κ3) is 2.98. The van der Waals surface area contributed by atoms with Gasteiger partial charge in [-0.05, 0) is 36.0 Å². The van der Waals surface area contributed by atoms with Gasteiger partial charge in [0.05, 0.1) is 7.11 Å². The molecule has 0 amide bonds. The Morgan fingerprint density at radius 3 is 2.53 bits per heavy atom. The molecular formula is C14H22O. The van der Waals surface area contributed by atoms with Gasteiger partial charge >= 0.3 is 0 Å². The summed E-state index contributed by atoms with van der Waals surface area (Å²) in [5, 5.41) is 0. The van der Waals surface area contributed by atoms with Gasteiger partial charge in [0.1, 0.15) is 5.75 Å². The lowest BCUT2D eigenvalue weighted by Gasteiger charge is -2.16. The Balaban J connectivity index is 3.03. The second kappa shape index (κ2) is 5.79. The molecule has 84 valence electrons. The molecule has 0 spiro atoms. The number of rotatable bonds is 5. The van der Waals surface area contributed by atoms with Crippen molar-refractivity contribution in [3.05, 3.63) is 29.3 Å². The zero-order valence-electron chi connectivity index (χ0n) is 10.3. The molecule has 0 bridgehead atoms. The molecule has 1 aromatic rings. The molecular weight excluding hydrogens is 184 g/mol. The highest BCUT2D eigenvalue weighted by molar-refractivity contribution is 5.41. The van der Waals surface area contributed by atoms with Crippen molar-refractivity contribution in [2.45, 2.75) is 46.0 Å². The van der Waals surface area contributed by atoms with Crippen molar-refractivity contribution in [2.75, 3.05) is 7.11 Å². The molecule has 1 nitrogen and oxygen atoms in total. The van der Waals surface area contributed by atoms with Crippen LogP contribution >= 0.6 is 0 Å². The minimum atomic E-state index is 0.576. The summed E-state index contributed by atoms with van der Waals surface area (Å²) >= 11 is 0. The zero-order chi connectivity index (χ0) is 11.3. The summed E-state index contributed by atoms with van der Waals surface area (Å²) in [6, 6.07) is 6.37. The van der Waals surface area contributed by atoms with Crippen LogP contribution in [-0.4, -0.2) is 7.11 Å². The molecule has 1 heteroatoms. The van der Waals surface area contributed by atoms with Gasteiger partial charge in [-0.3, -0.25) is 0 Å². The maximum atomic E-state index is 5.43. The second-order valence-electron chi connectivity index (χ2n) is 4.29. The molecule has 15 heavy (non-hydrogen) atoms. The Morgan fingerprint density at radius 2 is 2.00 bits per heavy atom. The largest absolute Gasteiger partial charge is 0.496 e. The maximum absolute atomic E-state index is 5.43. The molecule has 0 saturated heterocycles. The van der Waals surface area contributed by atoms with Gasteiger partial charge in [0.2, 0.25) is 0 Å². The van der Waals surface area contributed by atoms with Crippen LogP contribution in [0.3, 0.4) is 0 Å². The van der Waals surface area contributed by atoms with E-state index in [9.17, 15) is 0 Å². The molecule has 0 atom stereocenters. The predicted molar refractivity (Wildman–Crippen MR) is 65.7 cm³/mol. The SMILES string of the molecule is CCCCc1c(OC)cccc1C(C)C. The third-order valence-electron chi connectivity index (χ3n) is 2.79. The summed E-state index contributed by atoms with van der Waals surface area (Å²) in [6.45, 7) is 6.71. The van der Waals surface area contributed by atoms with Crippen LogP contribution in [0.25, 0.3) is 0 Å². The van der Waals surface area contributed by atoms with E-state index in [1.807, 2.05) is 0 Å². The molecule has 0 aliphatic carbocycles. The van der Waals surface area contributed by atoms with Gasteiger partial charge in [0.15, 0.2) is 0 Å². The van der Waals surface area contributed by atoms with Crippen LogP contribution in [0.2, 0.25) is 0 Å². The number of hydrogen-bond donors (Lipinski definition) is 0. The van der Waals surface area contributed by atoms with Crippen molar-refractivity contribution in [3.63, 3.8) is 0 Å². The van der Waals surface area contributed by atoms with Crippen LogP contribution in [0.5, 0.6) is 5.75 Å². The highest BCUT2D eigenvalue weighted by Gasteiger charge is 2.10. The van der Waals surface area contributed by atoms with Gasteiger partial charge in [0, 0.05) is 0 Å². The van der Waals surface area contributed by atoms with E-state index in [-0.39, 0.29) is 0 Å². The smallest absolute Gasteiger partial charge is 0.122 e. The second-order valence-corrected chi connectivity index (χ2v) is 4.29. The molecule has 0 saturated carbocycles. The molecule has 0 radical (unpaired) electrons. The Bertz CT molecular complexity index is 302. The number of hydrogen-bond acceptors (Lipinski definition) is 1. The summed E-state index contributed by atoms with van der Waals surface area (Å²) in [4.78, 5) is 0. The average Bonchev–Trinajstić information content (AvgIpc) is 2.25. The Morgan fingerprint density at radius 1 is 1.27 bits per heavy atom. The fourth-order valence-corrected chi connectivity index (χ4v) is 1.94. The minimum absolute atomic E-state index is 0.576. The van der Waals surface area contributed by atoms with Crippen LogP contribution in [-0.2, 0) is 6.42 Å². The maximum Gasteiger partial charge on any atom is 0.122 e. The first-order valence-corrected chi connectivity index (χ1v) is 5.86. The molecule has 0 aliphatic heterocycles. The first-order chi connectivity index (χ1) is 7.20. The molecule has 0 N–H and O–H groups in total. The average molecular weight is 206 g/mol. The van der Waals surface area contributed by atoms with Crippen LogP contribution < -0.4 is 4.74 Å². The van der Waals surface area contributed by atoms with Gasteiger partial charge in [-0.15, -0.1) is 0 Å². The lowest BCUT2D eigenvalue weighted by atomic mass is 9.93. The first-order valence-electron chi connectivity index (χ1n) is 5.86. The van der Waals surface area contributed by atoms with Crippen molar-refractivity contribution in [1.82, 2.24) is 0 Å². The highest BCUT2D eigenvalue weighted by atomic mass is 16.5.